The van der Waals surface area contributed by atoms with E-state index < -0.39 is 5.41 Å². The van der Waals surface area contributed by atoms with Crippen molar-refractivity contribution in [2.75, 3.05) is 5.32 Å². The Hall–Kier alpha value is -3.40. The maximum Gasteiger partial charge on any atom is 0.236 e. The number of para-hydroxylation sites is 1. The average Bonchev–Trinajstić information content (AvgIpc) is 3.08. The Bertz CT molecular complexity index is 1290. The first kappa shape index (κ1) is 18.4. The van der Waals surface area contributed by atoms with Gasteiger partial charge in [0.15, 0.2) is 0 Å². The molecule has 3 aromatic carbocycles. The summed E-state index contributed by atoms with van der Waals surface area (Å²) in [5.74, 6) is 0.314. The van der Waals surface area contributed by atoms with Crippen LogP contribution in [0, 0.1) is 11.8 Å². The minimum atomic E-state index is -0.872. The van der Waals surface area contributed by atoms with Crippen LogP contribution in [-0.4, -0.2) is 18.3 Å². The highest BCUT2D eigenvalue weighted by molar-refractivity contribution is 6.09. The molecule has 0 bridgehead atoms. The molecular formula is C27H23NO3. The number of hydrogen-bond acceptors (Lipinski definition) is 3. The van der Waals surface area contributed by atoms with Gasteiger partial charge in [0, 0.05) is 29.0 Å². The van der Waals surface area contributed by atoms with Crippen LogP contribution < -0.4 is 10.1 Å². The predicted octanol–water partition coefficient (Wildman–Crippen LogP) is 4.99. The van der Waals surface area contributed by atoms with Gasteiger partial charge in [-0.15, -0.1) is 0 Å². The number of rotatable bonds is 1. The number of amides is 1. The molecule has 0 fully saturated rings. The molecule has 1 amide bonds. The highest BCUT2D eigenvalue weighted by Crippen LogP contribution is 2.62. The number of aldehydes is 1. The first-order chi connectivity index (χ1) is 15.1. The zero-order valence-electron chi connectivity index (χ0n) is 17.5. The SMILES string of the molecule is C[C@@H]1Oc2ccc3ccccc3c2[C@@H]2[C@@H]1C=C(C=O)[C@@H](C)[C@]21C(=O)Nc2ccccc21. The van der Waals surface area contributed by atoms with Gasteiger partial charge in [-0.3, -0.25) is 9.59 Å². The van der Waals surface area contributed by atoms with Crippen LogP contribution in [0.2, 0.25) is 0 Å². The standard InChI is InChI=1S/C27H23NO3/c1-15-18(14-29)13-20-16(2)31-23-12-11-17-7-3-4-8-19(17)24(23)25(20)27(15)21-9-5-6-10-22(21)28-26(27)30/h3-16,20,25H,1-2H3,(H,28,30)/t15-,16+,20-,25+,27-/m1/s1. The van der Waals surface area contributed by atoms with Crippen LogP contribution >= 0.6 is 0 Å². The second kappa shape index (κ2) is 6.30. The lowest BCUT2D eigenvalue weighted by atomic mass is 9.51. The van der Waals surface area contributed by atoms with E-state index in [1.165, 1.54) is 0 Å². The number of allylic oxidation sites excluding steroid dienone is 1. The second-order valence-electron chi connectivity index (χ2n) is 8.95. The zero-order valence-corrected chi connectivity index (χ0v) is 17.5. The van der Waals surface area contributed by atoms with E-state index in [4.69, 9.17) is 4.74 Å². The molecule has 0 aromatic heterocycles. The van der Waals surface area contributed by atoms with E-state index in [1.54, 1.807) is 0 Å². The molecule has 2 aliphatic heterocycles. The molecule has 0 saturated heterocycles. The van der Waals surface area contributed by atoms with Crippen LogP contribution in [0.25, 0.3) is 10.8 Å². The minimum Gasteiger partial charge on any atom is -0.490 e. The van der Waals surface area contributed by atoms with Crippen molar-refractivity contribution in [2.24, 2.45) is 11.8 Å². The quantitative estimate of drug-likeness (QED) is 0.577. The third-order valence-electron chi connectivity index (χ3n) is 7.67. The second-order valence-corrected chi connectivity index (χ2v) is 8.95. The van der Waals surface area contributed by atoms with Gasteiger partial charge in [0.2, 0.25) is 5.91 Å². The number of ether oxygens (including phenoxy) is 1. The smallest absolute Gasteiger partial charge is 0.236 e. The summed E-state index contributed by atoms with van der Waals surface area (Å²) in [6, 6.07) is 20.3. The highest BCUT2D eigenvalue weighted by atomic mass is 16.5. The number of benzene rings is 3. The molecule has 0 saturated carbocycles. The van der Waals surface area contributed by atoms with Crippen molar-refractivity contribution in [3.63, 3.8) is 0 Å². The summed E-state index contributed by atoms with van der Waals surface area (Å²) in [6.45, 7) is 4.06. The Morgan fingerprint density at radius 3 is 2.61 bits per heavy atom. The van der Waals surface area contributed by atoms with Crippen molar-refractivity contribution in [1.29, 1.82) is 0 Å². The predicted molar refractivity (Wildman–Crippen MR) is 120 cm³/mol. The van der Waals surface area contributed by atoms with Crippen molar-refractivity contribution in [2.45, 2.75) is 31.3 Å². The van der Waals surface area contributed by atoms with Crippen LogP contribution in [0.4, 0.5) is 5.69 Å². The van der Waals surface area contributed by atoms with Gasteiger partial charge in [-0.25, -0.2) is 0 Å². The molecule has 1 spiro atoms. The molecule has 3 aliphatic rings. The number of fused-ring (bicyclic) bond motifs is 8. The van der Waals surface area contributed by atoms with Gasteiger partial charge in [0.25, 0.3) is 0 Å². The van der Waals surface area contributed by atoms with E-state index in [9.17, 15) is 9.59 Å². The fourth-order valence-corrected chi connectivity index (χ4v) is 6.28. The molecule has 0 unspecified atom stereocenters. The van der Waals surface area contributed by atoms with Crippen LogP contribution in [0.15, 0.2) is 72.3 Å². The summed E-state index contributed by atoms with van der Waals surface area (Å²) >= 11 is 0. The molecule has 31 heavy (non-hydrogen) atoms. The van der Waals surface area contributed by atoms with Gasteiger partial charge in [0.05, 0.1) is 5.41 Å². The molecular weight excluding hydrogens is 386 g/mol. The average molecular weight is 409 g/mol. The van der Waals surface area contributed by atoms with Gasteiger partial charge in [-0.2, -0.15) is 0 Å². The van der Waals surface area contributed by atoms with E-state index in [1.807, 2.05) is 56.3 Å². The summed E-state index contributed by atoms with van der Waals surface area (Å²) < 4.78 is 6.37. The summed E-state index contributed by atoms with van der Waals surface area (Å²) in [4.78, 5) is 26.0. The zero-order chi connectivity index (χ0) is 21.3. The number of carbonyl (C=O) groups is 2. The summed E-state index contributed by atoms with van der Waals surface area (Å²) in [5, 5.41) is 5.37. The van der Waals surface area contributed by atoms with E-state index in [2.05, 4.69) is 29.6 Å². The molecule has 6 rings (SSSR count). The van der Waals surface area contributed by atoms with Gasteiger partial charge >= 0.3 is 0 Å². The number of nitrogens with one attached hydrogen (secondary N) is 1. The Kier molecular flexibility index (Phi) is 3.73. The normalized spacial score (nSPS) is 30.6. The Balaban J connectivity index is 1.75. The molecule has 0 radical (unpaired) electrons. The fraction of sp³-hybridized carbons (Fsp3) is 0.259. The third kappa shape index (κ3) is 2.20. The topological polar surface area (TPSA) is 55.4 Å². The monoisotopic (exact) mass is 409 g/mol. The van der Waals surface area contributed by atoms with Crippen LogP contribution in [0.1, 0.15) is 30.9 Å². The third-order valence-corrected chi connectivity index (χ3v) is 7.67. The van der Waals surface area contributed by atoms with Gasteiger partial charge in [-0.05, 0) is 41.0 Å². The largest absolute Gasteiger partial charge is 0.490 e. The Morgan fingerprint density at radius 2 is 1.77 bits per heavy atom. The molecule has 5 atom stereocenters. The summed E-state index contributed by atoms with van der Waals surface area (Å²) in [6.07, 6.45) is 2.82. The molecule has 1 N–H and O–H groups in total. The van der Waals surface area contributed by atoms with Crippen LogP contribution in [-0.2, 0) is 15.0 Å². The molecule has 3 aromatic rings. The lowest BCUT2D eigenvalue weighted by Crippen LogP contribution is -2.55. The molecule has 4 nitrogen and oxygen atoms in total. The van der Waals surface area contributed by atoms with Gasteiger partial charge < -0.3 is 10.1 Å². The van der Waals surface area contributed by atoms with Gasteiger partial charge in [0.1, 0.15) is 18.1 Å². The van der Waals surface area contributed by atoms with Crippen LogP contribution in [0.5, 0.6) is 5.75 Å². The van der Waals surface area contributed by atoms with E-state index in [0.29, 0.717) is 5.57 Å². The summed E-state index contributed by atoms with van der Waals surface area (Å²) in [5.41, 5.74) is 2.69. The van der Waals surface area contributed by atoms with Crippen molar-refractivity contribution < 1.29 is 14.3 Å². The minimum absolute atomic E-state index is 0.0309. The number of hydrogen-bond donors (Lipinski definition) is 1. The Morgan fingerprint density at radius 1 is 1.00 bits per heavy atom. The van der Waals surface area contributed by atoms with Crippen molar-refractivity contribution in [3.05, 3.63) is 83.4 Å². The summed E-state index contributed by atoms with van der Waals surface area (Å²) in [7, 11) is 0. The highest BCUT2D eigenvalue weighted by Gasteiger charge is 2.63. The maximum absolute atomic E-state index is 13.9. The molecule has 2 heterocycles. The first-order valence-corrected chi connectivity index (χ1v) is 10.8. The van der Waals surface area contributed by atoms with Crippen molar-refractivity contribution >= 4 is 28.7 Å². The molecule has 1 aliphatic carbocycles. The number of anilines is 1. The lowest BCUT2D eigenvalue weighted by molar-refractivity contribution is -0.124. The van der Waals surface area contributed by atoms with E-state index in [0.717, 1.165) is 39.6 Å². The van der Waals surface area contributed by atoms with Crippen molar-refractivity contribution in [1.82, 2.24) is 0 Å². The van der Waals surface area contributed by atoms with Crippen molar-refractivity contribution in [3.8, 4) is 5.75 Å². The van der Waals surface area contributed by atoms with E-state index in [-0.39, 0.29) is 29.8 Å². The van der Waals surface area contributed by atoms with Crippen LogP contribution in [0.3, 0.4) is 0 Å². The first-order valence-electron chi connectivity index (χ1n) is 10.8. The maximum atomic E-state index is 13.9. The van der Waals surface area contributed by atoms with Gasteiger partial charge in [-0.1, -0.05) is 61.5 Å². The Labute approximate surface area is 180 Å². The number of carbonyl (C=O) groups excluding carboxylic acids is 2. The molecule has 154 valence electrons. The molecule has 4 heteroatoms. The lowest BCUT2D eigenvalue weighted by Gasteiger charge is -2.51. The fourth-order valence-electron chi connectivity index (χ4n) is 6.28. The van der Waals surface area contributed by atoms with E-state index >= 15 is 0 Å².